The molecule has 3 saturated heterocycles. The second-order valence-corrected chi connectivity index (χ2v) is 40.7. The number of nitrogens with zero attached hydrogens (tertiary/aromatic N) is 9. The summed E-state index contributed by atoms with van der Waals surface area (Å²) >= 11 is 0. The molecule has 6 bridgehead atoms. The molecule has 6 aromatic rings. The summed E-state index contributed by atoms with van der Waals surface area (Å²) in [5.41, 5.74) is -1.42. The normalized spacial score (nSPS) is 33.8. The van der Waals surface area contributed by atoms with Crippen LogP contribution in [0.25, 0.3) is 33.1 Å². The summed E-state index contributed by atoms with van der Waals surface area (Å²) in [6, 6.07) is 11.9. The van der Waals surface area contributed by atoms with E-state index < -0.39 is 150 Å². The van der Waals surface area contributed by atoms with E-state index in [1.54, 1.807) is 54.6 Å². The maximum atomic E-state index is 14.3. The van der Waals surface area contributed by atoms with Crippen LogP contribution < -0.4 is 28.4 Å². The molecule has 3 radical (unpaired) electrons. The Balaban J connectivity index is 0.000000206. The van der Waals surface area contributed by atoms with E-state index in [9.17, 15) is 45.9 Å². The number of hydrogen-bond acceptors (Lipinski definition) is 24. The first-order valence-corrected chi connectivity index (χ1v) is 47.4. The van der Waals surface area contributed by atoms with Crippen molar-refractivity contribution in [2.45, 2.75) is 330 Å². The van der Waals surface area contributed by atoms with Gasteiger partial charge in [-0.3, -0.25) is 28.8 Å². The molecule has 6 aliphatic heterocycles. The minimum atomic E-state index is -2.64. The van der Waals surface area contributed by atoms with Gasteiger partial charge in [0.25, 0.3) is 0 Å². The Labute approximate surface area is 844 Å². The van der Waals surface area contributed by atoms with Crippen LogP contribution in [0.4, 0.5) is 0 Å². The van der Waals surface area contributed by atoms with Crippen molar-refractivity contribution < 1.29 is 158 Å². The van der Waals surface area contributed by atoms with Gasteiger partial charge in [0.2, 0.25) is 35.4 Å². The van der Waals surface area contributed by atoms with E-state index in [1.165, 1.54) is 36.0 Å². The molecular weight excluding hydrogens is 1820 g/mol. The van der Waals surface area contributed by atoms with E-state index in [-0.39, 0.29) is 196 Å². The van der Waals surface area contributed by atoms with Crippen molar-refractivity contribution in [3.63, 3.8) is 0 Å². The number of esters is 3. The molecule has 10 aliphatic rings. The number of aromatic nitrogens is 6. The van der Waals surface area contributed by atoms with Crippen LogP contribution in [0, 0.1) is 81.3 Å². The molecular formula is C104H140N9O18V3-3. The van der Waals surface area contributed by atoms with Crippen LogP contribution in [0.1, 0.15) is 290 Å². The average molecular weight is 1970 g/mol. The molecule has 727 valence electrons. The largest absolute Gasteiger partial charge is 0.540 e. The molecule has 3 amide bonds. The predicted octanol–water partition coefficient (Wildman–Crippen LogP) is 17.1. The van der Waals surface area contributed by atoms with E-state index in [2.05, 4.69) is 29.9 Å². The van der Waals surface area contributed by atoms with Crippen molar-refractivity contribution in [3.8, 4) is 34.9 Å². The van der Waals surface area contributed by atoms with Crippen LogP contribution in [-0.4, -0.2) is 194 Å². The maximum Gasteiger partial charge on any atom is 0.307 e. The molecule has 134 heavy (non-hydrogen) atoms. The molecule has 3 aromatic carbocycles. The van der Waals surface area contributed by atoms with Gasteiger partial charge in [-0.05, 0) is 216 Å². The van der Waals surface area contributed by atoms with Gasteiger partial charge in [-0.25, -0.2) is 48.8 Å². The fourth-order valence-electron chi connectivity index (χ4n) is 21.5. The number of carbonyl (C=O) groups excluding carboxylic acids is 9. The number of aryl methyl sites for hydroxylation is 3. The van der Waals surface area contributed by atoms with Crippen molar-refractivity contribution in [1.82, 2.24) is 44.6 Å². The monoisotopic (exact) mass is 1970 g/mol. The van der Waals surface area contributed by atoms with E-state index in [0.29, 0.717) is 133 Å². The van der Waals surface area contributed by atoms with Gasteiger partial charge in [0.05, 0.1) is 111 Å². The van der Waals surface area contributed by atoms with Crippen LogP contribution >= 0.6 is 0 Å². The molecule has 3 aromatic heterocycles. The van der Waals surface area contributed by atoms with Gasteiger partial charge in [0.15, 0.2) is 0 Å². The van der Waals surface area contributed by atoms with Crippen LogP contribution in [0.2, 0.25) is 0 Å². The van der Waals surface area contributed by atoms with Crippen molar-refractivity contribution in [1.29, 1.82) is 0 Å². The van der Waals surface area contributed by atoms with Gasteiger partial charge in [-0.2, -0.15) is 0 Å². The Morgan fingerprint density at radius 1 is 0.410 bits per heavy atom. The minimum absolute atomic E-state index is 0. The van der Waals surface area contributed by atoms with E-state index >= 15 is 0 Å². The zero-order chi connectivity index (χ0) is 104. The van der Waals surface area contributed by atoms with Gasteiger partial charge in [0.1, 0.15) is 70.5 Å². The summed E-state index contributed by atoms with van der Waals surface area (Å²) in [5, 5.41) is 0. The molecule has 4 aliphatic carbocycles. The SMILES string of the molecule is [2H]C1([2H])CCC[C@@H]2C3CC3C[C@H]2OC(=O)C[C@@H](C(C)(C)C)C(=O)N2C[C@H](Oc3nc4cc(OC)ccc4nc3C1([2H])[2H])[C@@H](CC)[C@H]2[C-]=O.[2H]C1([2H])CCC[C@@H]2CCC[C@@]2(C)OC(=O)C[C@@H](C(C)(C)C)C(=O)N2C[C@H](Oc3nc4cc(OC)ccc4nc3C1([2H])[2H])[C@@H](CC)[C@H]2[C-]=O.[2H]C1([2H])CCC[C@@H]2CCC[C@H]2OC(=O)C[C@@H](C(C)(C)C)C(=O)N2C[C@H](Oc3nc4cc(OC)ccc4nc3C1([2H])[2H])[C@@H](CC)[C@H]2[C-]=O.[V].[V].[V]. The third kappa shape index (κ3) is 24.5. The van der Waals surface area contributed by atoms with Crippen LogP contribution in [0.15, 0.2) is 54.6 Å². The summed E-state index contributed by atoms with van der Waals surface area (Å²) in [6.45, 7) is 24.4. The van der Waals surface area contributed by atoms with Crippen molar-refractivity contribution in [3.05, 3.63) is 71.7 Å². The van der Waals surface area contributed by atoms with Crippen LogP contribution in [-0.2, 0) is 132 Å². The molecule has 27 nitrogen and oxygen atoms in total. The maximum absolute atomic E-state index is 14.3. The summed E-state index contributed by atoms with van der Waals surface area (Å²) in [7, 11) is 4.54. The number of rotatable bonds is 9. The predicted molar refractivity (Wildman–Crippen MR) is 494 cm³/mol. The number of amides is 3. The molecule has 30 heteroatoms. The summed E-state index contributed by atoms with van der Waals surface area (Å²) in [6.07, 6.45) is -2.13. The third-order valence-electron chi connectivity index (χ3n) is 29.2. The number of fused-ring (bicyclic) bond motifs is 17. The molecule has 4 saturated carbocycles. The Morgan fingerprint density at radius 3 is 1.14 bits per heavy atom. The smallest absolute Gasteiger partial charge is 0.307 e. The fourth-order valence-corrected chi connectivity index (χ4v) is 21.5. The Morgan fingerprint density at radius 2 is 0.769 bits per heavy atom. The topological polar surface area (TPSA) is 324 Å². The van der Waals surface area contributed by atoms with Gasteiger partial charge in [-0.1, -0.05) is 159 Å². The number of ether oxygens (including phenoxy) is 9. The summed E-state index contributed by atoms with van der Waals surface area (Å²) in [5.74, 6) is -4.65. The number of carbonyl (C=O) groups is 6. The second-order valence-electron chi connectivity index (χ2n) is 40.7. The van der Waals surface area contributed by atoms with Crippen LogP contribution in [0.3, 0.4) is 0 Å². The Hall–Kier alpha value is -7.94. The Bertz CT molecular complexity index is 5600. The van der Waals surface area contributed by atoms with Crippen LogP contribution in [0.5, 0.6) is 34.9 Å². The Kier molecular flexibility index (Phi) is 31.0. The van der Waals surface area contributed by atoms with Gasteiger partial charge >= 0.3 is 17.9 Å². The first-order valence-electron chi connectivity index (χ1n) is 53.4. The first kappa shape index (κ1) is 89.9. The molecule has 16 rings (SSSR count). The van der Waals surface area contributed by atoms with Gasteiger partial charge < -0.3 is 71.7 Å². The summed E-state index contributed by atoms with van der Waals surface area (Å²) in [4.78, 5) is 153. The average Bonchev–Trinajstić information content (AvgIpc) is 0.982. The number of methoxy groups -OCH3 is 3. The van der Waals surface area contributed by atoms with Crippen molar-refractivity contribution in [2.75, 3.05) is 41.0 Å². The van der Waals surface area contributed by atoms with Crippen molar-refractivity contribution >= 4 is 87.6 Å². The third-order valence-corrected chi connectivity index (χ3v) is 29.2. The van der Waals surface area contributed by atoms with Gasteiger partial charge in [-0.15, -0.1) is 0 Å². The van der Waals surface area contributed by atoms with E-state index in [4.69, 9.17) is 56.3 Å². The molecule has 7 fully saturated rings. The first-order chi connectivity index (χ1) is 67.1. The minimum Gasteiger partial charge on any atom is -0.540 e. The molecule has 0 spiro atoms. The molecule has 0 N–H and O–H groups in total. The molecule has 9 heterocycles. The van der Waals surface area contributed by atoms with Crippen molar-refractivity contribution in [2.24, 2.45) is 81.3 Å². The van der Waals surface area contributed by atoms with E-state index in [0.717, 1.165) is 38.5 Å². The van der Waals surface area contributed by atoms with E-state index in [1.807, 2.05) is 109 Å². The fraction of sp³-hybridized carbons (Fsp3) is 0.683. The molecule has 2 unspecified atom stereocenters. The van der Waals surface area contributed by atoms with Gasteiger partial charge in [0, 0.05) is 90.3 Å². The zero-order valence-electron chi connectivity index (χ0n) is 92.3. The zero-order valence-corrected chi connectivity index (χ0v) is 84.5. The molecule has 20 atom stereocenters. The quantitative estimate of drug-likeness (QED) is 0.0737. The number of benzene rings is 3. The second kappa shape index (κ2) is 46.2. The summed E-state index contributed by atoms with van der Waals surface area (Å²) < 4.78 is 162. The number of hydrogen-bond donors (Lipinski definition) is 0. The standard InChI is InChI=1S/C35H46N3O6.C35H48N3O6.C34H46N3O6.3V/c1-6-22-29(19-39)38-18-31(22)44-33-27(36-26-13-12-21(42-5)16-28(26)37-33)11-9-7-8-10-23-24-14-20(24)15-30(23)43-32(40)17-25(34(38)41)35(2,3)4;1-7-24-29(21-39)38-20-30(24)43-32-27(36-26-16-15-23(42-6)18-28(26)37-32)14-10-8-9-12-22-13-11-17-35(22,5)44-31(40)19-25(33(38)41)34(2,3)4;1-6-23-28(20-38)37-19-30(23)43-32-26(35-25-16-15-22(41-5)17-27(25)36-32)13-9-7-8-11-21-12-10-14-29(21)42-31(39)18-24(33(37)40)34(2,3)4;;;/h12-13,16,20,22-25,29-31H,6-11,14-15,17-18H2,1-5H3;15-16,18,22,24-25,29-30H,7-14,17,19-20H2,1-6H3;15-17,21,23-24,28-30H,6-14,18-19H2,1-5H3;;;/q3*-1;;;/t20?,22-,23+,24?,25+,29+,30+,31-;22-,24+,25-,29-,30+,35-;21-,23+,24-,28-,29-,30+;;;/m011.../s1/i9D2,11D2;10D2,14D2;9D2,13D2;;;.